The second kappa shape index (κ2) is 10.7. The lowest BCUT2D eigenvalue weighted by atomic mass is 10.1. The predicted molar refractivity (Wildman–Crippen MR) is 126 cm³/mol. The van der Waals surface area contributed by atoms with E-state index in [0.29, 0.717) is 62.1 Å². The number of nitrogens with zero attached hydrogens (tertiary/aromatic N) is 2. The fourth-order valence-electron chi connectivity index (χ4n) is 3.99. The van der Waals surface area contributed by atoms with Crippen LogP contribution in [-0.2, 0) is 27.1 Å². The number of hydrogen-bond acceptors (Lipinski definition) is 5. The largest absolute Gasteiger partial charge is 0.487 e. The number of carbonyl (C=O) groups is 1. The van der Waals surface area contributed by atoms with E-state index in [9.17, 15) is 13.2 Å². The third-order valence-electron chi connectivity index (χ3n) is 5.81. The fraction of sp³-hybridized carbons (Fsp3) is 0.435. The van der Waals surface area contributed by atoms with Gasteiger partial charge in [0.25, 0.3) is 0 Å². The SMILES string of the molecule is O=C(NCc1ccccc1CS(=O)(=O)N1CCOCC1)N1CCC(Oc2ccccc2Cl)C1. The third-order valence-corrected chi connectivity index (χ3v) is 7.95. The minimum Gasteiger partial charge on any atom is -0.487 e. The molecule has 2 aliphatic heterocycles. The minimum absolute atomic E-state index is 0.101. The van der Waals surface area contributed by atoms with Crippen molar-refractivity contribution < 1.29 is 22.7 Å². The summed E-state index contributed by atoms with van der Waals surface area (Å²) < 4.78 is 38.3. The molecule has 2 amide bonds. The molecule has 0 aliphatic carbocycles. The highest BCUT2D eigenvalue weighted by molar-refractivity contribution is 7.88. The molecule has 2 aromatic rings. The zero-order valence-electron chi connectivity index (χ0n) is 18.3. The molecule has 0 aromatic heterocycles. The van der Waals surface area contributed by atoms with E-state index < -0.39 is 10.0 Å². The lowest BCUT2D eigenvalue weighted by Crippen LogP contribution is -2.41. The average Bonchev–Trinajstić information content (AvgIpc) is 3.29. The van der Waals surface area contributed by atoms with Crippen LogP contribution in [0.1, 0.15) is 17.5 Å². The van der Waals surface area contributed by atoms with Crippen molar-refractivity contribution in [2.75, 3.05) is 39.4 Å². The van der Waals surface area contributed by atoms with E-state index in [1.54, 1.807) is 17.0 Å². The quantitative estimate of drug-likeness (QED) is 0.640. The summed E-state index contributed by atoms with van der Waals surface area (Å²) in [5.41, 5.74) is 1.47. The topological polar surface area (TPSA) is 88.2 Å². The highest BCUT2D eigenvalue weighted by atomic mass is 35.5. The Morgan fingerprint density at radius 2 is 1.76 bits per heavy atom. The van der Waals surface area contributed by atoms with Gasteiger partial charge in [-0.25, -0.2) is 13.2 Å². The summed E-state index contributed by atoms with van der Waals surface area (Å²) in [6, 6.07) is 14.4. The summed E-state index contributed by atoms with van der Waals surface area (Å²) in [5, 5.41) is 3.46. The van der Waals surface area contributed by atoms with Gasteiger partial charge in [-0.15, -0.1) is 0 Å². The van der Waals surface area contributed by atoms with Gasteiger partial charge >= 0.3 is 6.03 Å². The number of ether oxygens (including phenoxy) is 2. The van der Waals surface area contributed by atoms with Gasteiger partial charge in [0.05, 0.1) is 30.5 Å². The Morgan fingerprint density at radius 3 is 2.52 bits per heavy atom. The van der Waals surface area contributed by atoms with Crippen molar-refractivity contribution in [2.45, 2.75) is 24.8 Å². The summed E-state index contributed by atoms with van der Waals surface area (Å²) in [6.45, 7) is 2.85. The van der Waals surface area contributed by atoms with Crippen LogP contribution in [-0.4, -0.2) is 69.2 Å². The van der Waals surface area contributed by atoms with Crippen LogP contribution in [0, 0.1) is 0 Å². The number of nitrogens with one attached hydrogen (secondary N) is 1. The first-order valence-corrected chi connectivity index (χ1v) is 13.0. The number of amides is 2. The van der Waals surface area contributed by atoms with E-state index in [2.05, 4.69) is 5.32 Å². The average molecular weight is 494 g/mol. The van der Waals surface area contributed by atoms with Crippen LogP contribution in [0.5, 0.6) is 5.75 Å². The molecule has 8 nitrogen and oxygen atoms in total. The van der Waals surface area contributed by atoms with E-state index in [4.69, 9.17) is 21.1 Å². The first-order chi connectivity index (χ1) is 15.9. The Labute approximate surface area is 199 Å². The number of likely N-dealkylation sites (tertiary alicyclic amines) is 1. The molecule has 1 atom stereocenters. The number of carbonyl (C=O) groups excluding carboxylic acids is 1. The van der Waals surface area contributed by atoms with Crippen molar-refractivity contribution in [2.24, 2.45) is 0 Å². The number of halogens is 1. The van der Waals surface area contributed by atoms with Crippen molar-refractivity contribution >= 4 is 27.7 Å². The highest BCUT2D eigenvalue weighted by Gasteiger charge is 2.29. The van der Waals surface area contributed by atoms with Crippen molar-refractivity contribution in [1.29, 1.82) is 0 Å². The lowest BCUT2D eigenvalue weighted by Gasteiger charge is -2.26. The zero-order chi connectivity index (χ0) is 23.3. The summed E-state index contributed by atoms with van der Waals surface area (Å²) in [7, 11) is -3.45. The smallest absolute Gasteiger partial charge is 0.317 e. The van der Waals surface area contributed by atoms with Crippen molar-refractivity contribution in [3.63, 3.8) is 0 Å². The maximum absolute atomic E-state index is 12.8. The van der Waals surface area contributed by atoms with Gasteiger partial charge in [0.15, 0.2) is 0 Å². The number of benzene rings is 2. The Balaban J connectivity index is 1.32. The maximum Gasteiger partial charge on any atom is 0.317 e. The van der Waals surface area contributed by atoms with Crippen LogP contribution >= 0.6 is 11.6 Å². The standard InChI is InChI=1S/C23H28ClN3O5S/c24-21-7-3-4-8-22(21)32-20-9-10-26(16-20)23(28)25-15-18-5-1-2-6-19(18)17-33(29,30)27-11-13-31-14-12-27/h1-8,20H,9-17H2,(H,25,28). The second-order valence-electron chi connectivity index (χ2n) is 8.10. The number of urea groups is 1. The molecule has 10 heteroatoms. The monoisotopic (exact) mass is 493 g/mol. The van der Waals surface area contributed by atoms with Gasteiger partial charge in [-0.2, -0.15) is 4.31 Å². The van der Waals surface area contributed by atoms with Crippen LogP contribution in [0.2, 0.25) is 5.02 Å². The fourth-order valence-corrected chi connectivity index (χ4v) is 5.74. The van der Waals surface area contributed by atoms with Crippen LogP contribution < -0.4 is 10.1 Å². The van der Waals surface area contributed by atoms with Crippen LogP contribution in [0.25, 0.3) is 0 Å². The molecule has 2 saturated heterocycles. The first kappa shape index (κ1) is 23.8. The predicted octanol–water partition coefficient (Wildman–Crippen LogP) is 2.86. The van der Waals surface area contributed by atoms with Gasteiger partial charge in [0.2, 0.25) is 10.0 Å². The van der Waals surface area contributed by atoms with E-state index in [0.717, 1.165) is 5.56 Å². The Hall–Kier alpha value is -2.33. The van der Waals surface area contributed by atoms with E-state index in [-0.39, 0.29) is 24.4 Å². The van der Waals surface area contributed by atoms with Crippen LogP contribution in [0.3, 0.4) is 0 Å². The molecule has 4 rings (SSSR count). The second-order valence-corrected chi connectivity index (χ2v) is 10.5. The first-order valence-electron chi connectivity index (χ1n) is 11.0. The molecule has 2 heterocycles. The normalized spacial score (nSPS) is 19.4. The molecule has 1 unspecified atom stereocenters. The van der Waals surface area contributed by atoms with Gasteiger partial charge in [-0.1, -0.05) is 48.0 Å². The summed E-state index contributed by atoms with van der Waals surface area (Å²) in [4.78, 5) is 14.4. The molecular weight excluding hydrogens is 466 g/mol. The number of hydrogen-bond donors (Lipinski definition) is 1. The summed E-state index contributed by atoms with van der Waals surface area (Å²) in [5.74, 6) is 0.512. The molecule has 2 fully saturated rings. The zero-order valence-corrected chi connectivity index (χ0v) is 19.9. The molecule has 33 heavy (non-hydrogen) atoms. The third kappa shape index (κ3) is 6.17. The van der Waals surface area contributed by atoms with E-state index in [1.807, 2.05) is 36.4 Å². The summed E-state index contributed by atoms with van der Waals surface area (Å²) in [6.07, 6.45) is 0.592. The number of para-hydroxylation sites is 1. The van der Waals surface area contributed by atoms with E-state index in [1.165, 1.54) is 4.31 Å². The van der Waals surface area contributed by atoms with Crippen molar-refractivity contribution in [3.8, 4) is 5.75 Å². The highest BCUT2D eigenvalue weighted by Crippen LogP contribution is 2.26. The molecule has 0 bridgehead atoms. The molecular formula is C23H28ClN3O5S. The van der Waals surface area contributed by atoms with Gasteiger partial charge in [0.1, 0.15) is 11.9 Å². The van der Waals surface area contributed by atoms with Crippen LogP contribution in [0.15, 0.2) is 48.5 Å². The van der Waals surface area contributed by atoms with Gasteiger partial charge < -0.3 is 19.7 Å². The van der Waals surface area contributed by atoms with E-state index >= 15 is 0 Å². The Morgan fingerprint density at radius 1 is 1.06 bits per heavy atom. The Kier molecular flexibility index (Phi) is 7.75. The van der Waals surface area contributed by atoms with Crippen LogP contribution in [0.4, 0.5) is 4.79 Å². The number of sulfonamides is 1. The van der Waals surface area contributed by atoms with Gasteiger partial charge in [-0.05, 0) is 23.3 Å². The van der Waals surface area contributed by atoms with Crippen molar-refractivity contribution in [1.82, 2.24) is 14.5 Å². The molecule has 2 aliphatic rings. The molecule has 1 N–H and O–H groups in total. The lowest BCUT2D eigenvalue weighted by molar-refractivity contribution is 0.0729. The molecule has 0 spiro atoms. The number of morpholine rings is 1. The number of rotatable bonds is 7. The van der Waals surface area contributed by atoms with Gasteiger partial charge in [-0.3, -0.25) is 0 Å². The Bertz CT molecular complexity index is 1080. The maximum atomic E-state index is 12.8. The molecule has 2 aromatic carbocycles. The molecule has 0 radical (unpaired) electrons. The summed E-state index contributed by atoms with van der Waals surface area (Å²) >= 11 is 6.16. The molecule has 0 saturated carbocycles. The van der Waals surface area contributed by atoms with Crippen molar-refractivity contribution in [3.05, 3.63) is 64.7 Å². The molecule has 178 valence electrons. The van der Waals surface area contributed by atoms with Gasteiger partial charge in [0, 0.05) is 32.6 Å². The minimum atomic E-state index is -3.45.